The lowest BCUT2D eigenvalue weighted by Gasteiger charge is -2.21. The first-order valence-corrected chi connectivity index (χ1v) is 8.81. The van der Waals surface area contributed by atoms with Crippen LogP contribution in [0.1, 0.15) is 23.9 Å². The number of carbonyl (C=O) groups is 1. The summed E-state index contributed by atoms with van der Waals surface area (Å²) in [4.78, 5) is 18.5. The topological polar surface area (TPSA) is 68.5 Å². The van der Waals surface area contributed by atoms with Crippen LogP contribution in [0.4, 0.5) is 0 Å². The molecule has 0 unspecified atom stereocenters. The van der Waals surface area contributed by atoms with Crippen molar-refractivity contribution in [2.45, 2.75) is 33.4 Å². The van der Waals surface area contributed by atoms with E-state index in [1.54, 1.807) is 14.0 Å². The maximum Gasteiger partial charge on any atom is 0.263 e. The molecule has 3 aromatic rings. The Morgan fingerprint density at radius 1 is 1.15 bits per heavy atom. The number of ether oxygens (including phenoxy) is 1. The van der Waals surface area contributed by atoms with Crippen molar-refractivity contribution in [3.8, 4) is 17.1 Å². The molecule has 0 aliphatic heterocycles. The van der Waals surface area contributed by atoms with Crippen molar-refractivity contribution >= 4 is 5.91 Å². The molecule has 1 atom stereocenters. The minimum Gasteiger partial charge on any atom is -0.481 e. The van der Waals surface area contributed by atoms with Crippen LogP contribution in [0.3, 0.4) is 0 Å². The maximum absolute atomic E-state index is 12.6. The number of rotatable bonds is 6. The Labute approximate surface area is 158 Å². The van der Waals surface area contributed by atoms with Crippen LogP contribution < -0.4 is 4.74 Å². The van der Waals surface area contributed by atoms with Crippen LogP contribution in [0.25, 0.3) is 11.4 Å². The number of carbonyl (C=O) groups excluding carboxylic acids is 1. The Kier molecular flexibility index (Phi) is 5.54. The Balaban J connectivity index is 1.61. The molecule has 0 aliphatic carbocycles. The second-order valence-electron chi connectivity index (χ2n) is 6.58. The zero-order valence-electron chi connectivity index (χ0n) is 16.0. The van der Waals surface area contributed by atoms with Crippen molar-refractivity contribution in [2.24, 2.45) is 0 Å². The van der Waals surface area contributed by atoms with Gasteiger partial charge in [0.05, 0.1) is 6.54 Å². The van der Waals surface area contributed by atoms with Gasteiger partial charge in [-0.25, -0.2) is 0 Å². The van der Waals surface area contributed by atoms with E-state index in [0.717, 1.165) is 11.1 Å². The van der Waals surface area contributed by atoms with Gasteiger partial charge in [0.2, 0.25) is 11.7 Å². The van der Waals surface area contributed by atoms with Crippen LogP contribution in [0.15, 0.2) is 53.1 Å². The lowest BCUT2D eigenvalue weighted by atomic mass is 10.1. The van der Waals surface area contributed by atoms with Crippen LogP contribution in [0, 0.1) is 13.8 Å². The van der Waals surface area contributed by atoms with E-state index in [4.69, 9.17) is 9.26 Å². The molecule has 27 heavy (non-hydrogen) atoms. The van der Waals surface area contributed by atoms with Crippen molar-refractivity contribution in [2.75, 3.05) is 7.05 Å². The molecule has 140 valence electrons. The molecule has 0 saturated carbocycles. The van der Waals surface area contributed by atoms with E-state index in [1.807, 2.05) is 62.4 Å². The van der Waals surface area contributed by atoms with Gasteiger partial charge in [-0.2, -0.15) is 4.98 Å². The van der Waals surface area contributed by atoms with Gasteiger partial charge in [-0.1, -0.05) is 41.6 Å². The Hall–Kier alpha value is -3.15. The molecule has 0 radical (unpaired) electrons. The highest BCUT2D eigenvalue weighted by Gasteiger charge is 2.21. The van der Waals surface area contributed by atoms with Crippen molar-refractivity contribution < 1.29 is 14.1 Å². The summed E-state index contributed by atoms with van der Waals surface area (Å²) in [5, 5.41) is 3.97. The van der Waals surface area contributed by atoms with Crippen molar-refractivity contribution in [1.29, 1.82) is 0 Å². The van der Waals surface area contributed by atoms with Gasteiger partial charge in [0, 0.05) is 12.6 Å². The Morgan fingerprint density at radius 2 is 1.89 bits per heavy atom. The van der Waals surface area contributed by atoms with Gasteiger partial charge < -0.3 is 14.2 Å². The first-order valence-electron chi connectivity index (χ1n) is 8.81. The number of aryl methyl sites for hydroxylation is 2. The first-order chi connectivity index (χ1) is 12.9. The quantitative estimate of drug-likeness (QED) is 0.665. The largest absolute Gasteiger partial charge is 0.481 e. The van der Waals surface area contributed by atoms with Gasteiger partial charge in [0.25, 0.3) is 5.91 Å². The Morgan fingerprint density at radius 3 is 2.59 bits per heavy atom. The number of benzene rings is 2. The molecular formula is C21H23N3O3. The molecule has 1 aromatic heterocycles. The summed E-state index contributed by atoms with van der Waals surface area (Å²) in [6, 6.07) is 15.3. The third-order valence-electron chi connectivity index (χ3n) is 4.39. The molecule has 1 amide bonds. The second-order valence-corrected chi connectivity index (χ2v) is 6.58. The van der Waals surface area contributed by atoms with Crippen LogP contribution in [-0.4, -0.2) is 34.1 Å². The van der Waals surface area contributed by atoms with Gasteiger partial charge in [0.15, 0.2) is 6.10 Å². The summed E-state index contributed by atoms with van der Waals surface area (Å²) in [6.07, 6.45) is -0.617. The molecule has 0 spiro atoms. The van der Waals surface area contributed by atoms with E-state index in [9.17, 15) is 4.79 Å². The summed E-state index contributed by atoms with van der Waals surface area (Å²) in [6.45, 7) is 6.01. The van der Waals surface area contributed by atoms with E-state index in [2.05, 4.69) is 10.1 Å². The molecule has 0 fully saturated rings. The molecule has 6 nitrogen and oxygen atoms in total. The highest BCUT2D eigenvalue weighted by atomic mass is 16.5. The first kappa shape index (κ1) is 18.6. The monoisotopic (exact) mass is 365 g/mol. The molecule has 2 aromatic carbocycles. The average molecular weight is 365 g/mol. The molecule has 3 rings (SSSR count). The minimum atomic E-state index is -0.617. The number of nitrogens with zero attached hydrogens (tertiary/aromatic N) is 3. The summed E-state index contributed by atoms with van der Waals surface area (Å²) in [7, 11) is 1.69. The lowest BCUT2D eigenvalue weighted by molar-refractivity contribution is -0.137. The third kappa shape index (κ3) is 4.53. The van der Waals surface area contributed by atoms with Crippen molar-refractivity contribution in [3.63, 3.8) is 0 Å². The molecule has 0 aliphatic rings. The van der Waals surface area contributed by atoms with E-state index < -0.39 is 6.10 Å². The van der Waals surface area contributed by atoms with Crippen LogP contribution >= 0.6 is 0 Å². The number of hydrogen-bond donors (Lipinski definition) is 0. The van der Waals surface area contributed by atoms with Gasteiger partial charge in [0.1, 0.15) is 5.75 Å². The summed E-state index contributed by atoms with van der Waals surface area (Å²) >= 11 is 0. The Bertz CT molecular complexity index is 921. The number of aromatic nitrogens is 2. The van der Waals surface area contributed by atoms with Crippen LogP contribution in [0.5, 0.6) is 5.75 Å². The predicted octanol–water partition coefficient (Wildman–Crippen LogP) is 3.78. The fourth-order valence-electron chi connectivity index (χ4n) is 2.66. The highest BCUT2D eigenvalue weighted by molar-refractivity contribution is 5.80. The molecule has 0 N–H and O–H groups in total. The molecule has 0 bridgehead atoms. The van der Waals surface area contributed by atoms with E-state index in [1.165, 1.54) is 10.5 Å². The number of likely N-dealkylation sites (N-methyl/N-ethyl adjacent to an activating group) is 1. The molecule has 1 heterocycles. The van der Waals surface area contributed by atoms with Gasteiger partial charge in [-0.15, -0.1) is 0 Å². The van der Waals surface area contributed by atoms with Crippen molar-refractivity contribution in [1.82, 2.24) is 15.0 Å². The molecule has 6 heteroatoms. The minimum absolute atomic E-state index is 0.160. The zero-order chi connectivity index (χ0) is 19.4. The molecule has 0 saturated heterocycles. The van der Waals surface area contributed by atoms with E-state index in [-0.39, 0.29) is 12.5 Å². The summed E-state index contributed by atoms with van der Waals surface area (Å²) in [5.74, 6) is 1.40. The molecular weight excluding hydrogens is 342 g/mol. The highest BCUT2D eigenvalue weighted by Crippen LogP contribution is 2.19. The normalized spacial score (nSPS) is 11.9. The van der Waals surface area contributed by atoms with Crippen LogP contribution in [-0.2, 0) is 11.3 Å². The number of hydrogen-bond acceptors (Lipinski definition) is 5. The van der Waals surface area contributed by atoms with E-state index in [0.29, 0.717) is 17.5 Å². The van der Waals surface area contributed by atoms with Gasteiger partial charge >= 0.3 is 0 Å². The van der Waals surface area contributed by atoms with Crippen LogP contribution in [0.2, 0.25) is 0 Å². The average Bonchev–Trinajstić information content (AvgIpc) is 3.13. The lowest BCUT2D eigenvalue weighted by Crippen LogP contribution is -2.37. The maximum atomic E-state index is 12.6. The second kappa shape index (κ2) is 8.03. The zero-order valence-corrected chi connectivity index (χ0v) is 16.0. The van der Waals surface area contributed by atoms with E-state index >= 15 is 0 Å². The fraction of sp³-hybridized carbons (Fsp3) is 0.286. The summed E-state index contributed by atoms with van der Waals surface area (Å²) in [5.41, 5.74) is 3.18. The van der Waals surface area contributed by atoms with Crippen molar-refractivity contribution in [3.05, 3.63) is 65.5 Å². The van der Waals surface area contributed by atoms with Gasteiger partial charge in [-0.3, -0.25) is 4.79 Å². The summed E-state index contributed by atoms with van der Waals surface area (Å²) < 4.78 is 11.1. The number of amides is 1. The SMILES string of the molecule is Cc1ccc(O[C@H](C)C(=O)N(C)Cc2nc(-c3ccccc3)no2)cc1C. The van der Waals surface area contributed by atoms with Gasteiger partial charge in [-0.05, 0) is 44.0 Å². The smallest absolute Gasteiger partial charge is 0.263 e. The third-order valence-corrected chi connectivity index (χ3v) is 4.39. The standard InChI is InChI=1S/C21H23N3O3/c1-14-10-11-18(12-15(14)2)26-16(3)21(25)24(4)13-19-22-20(23-27-19)17-8-6-5-7-9-17/h5-12,16H,13H2,1-4H3/t16-/m1/s1. The fourth-order valence-corrected chi connectivity index (χ4v) is 2.66. The predicted molar refractivity (Wildman–Crippen MR) is 102 cm³/mol.